The van der Waals surface area contributed by atoms with Crippen molar-refractivity contribution in [3.63, 3.8) is 0 Å². The molecule has 0 amide bonds. The second-order valence-corrected chi connectivity index (χ2v) is 5.06. The van der Waals surface area contributed by atoms with Gasteiger partial charge in [-0.3, -0.25) is 0 Å². The molecule has 1 aromatic heterocycles. The molecule has 0 aliphatic carbocycles. The molecule has 0 aromatic carbocycles. The summed E-state index contributed by atoms with van der Waals surface area (Å²) in [4.78, 5) is 0. The Hall–Kier alpha value is -0.760. The monoisotopic (exact) mass is 222 g/mol. The lowest BCUT2D eigenvalue weighted by molar-refractivity contribution is -0.0631. The normalized spacial score (nSPS) is 24.8. The van der Waals surface area contributed by atoms with Gasteiger partial charge < -0.3 is 9.15 Å². The van der Waals surface area contributed by atoms with E-state index in [1.807, 2.05) is 0 Å². The standard InChI is InChI=1S/C14H22O2/c1-4-5-6-12-14-11(7-8-15-14)9-13(16-12)10(2)3/h7-8,10,12-13H,4-6,9H2,1-3H3/t12-,13-/m1/s1. The van der Waals surface area contributed by atoms with Gasteiger partial charge in [0.15, 0.2) is 0 Å². The van der Waals surface area contributed by atoms with E-state index in [1.54, 1.807) is 6.26 Å². The van der Waals surface area contributed by atoms with Gasteiger partial charge in [-0.15, -0.1) is 0 Å². The molecule has 0 bridgehead atoms. The third-order valence-corrected chi connectivity index (χ3v) is 3.40. The van der Waals surface area contributed by atoms with Crippen LogP contribution in [0.3, 0.4) is 0 Å². The van der Waals surface area contributed by atoms with Crippen LogP contribution in [0.1, 0.15) is 57.5 Å². The number of hydrogen-bond donors (Lipinski definition) is 0. The molecule has 0 saturated heterocycles. The molecule has 90 valence electrons. The summed E-state index contributed by atoms with van der Waals surface area (Å²) in [7, 11) is 0. The summed E-state index contributed by atoms with van der Waals surface area (Å²) in [6.45, 7) is 6.67. The van der Waals surface area contributed by atoms with Crippen LogP contribution in [0.15, 0.2) is 16.7 Å². The predicted octanol–water partition coefficient (Wildman–Crippen LogP) is 4.11. The molecule has 2 rings (SSSR count). The molecule has 0 unspecified atom stereocenters. The van der Waals surface area contributed by atoms with Crippen LogP contribution >= 0.6 is 0 Å². The van der Waals surface area contributed by atoms with Crippen molar-refractivity contribution in [3.8, 4) is 0 Å². The van der Waals surface area contributed by atoms with Crippen LogP contribution in [0.25, 0.3) is 0 Å². The first kappa shape index (κ1) is 11.7. The van der Waals surface area contributed by atoms with Crippen LogP contribution in [0.4, 0.5) is 0 Å². The van der Waals surface area contributed by atoms with E-state index < -0.39 is 0 Å². The first-order valence-electron chi connectivity index (χ1n) is 6.44. The fourth-order valence-corrected chi connectivity index (χ4v) is 2.32. The van der Waals surface area contributed by atoms with Gasteiger partial charge in [0.25, 0.3) is 0 Å². The van der Waals surface area contributed by atoms with E-state index in [-0.39, 0.29) is 6.10 Å². The summed E-state index contributed by atoms with van der Waals surface area (Å²) in [5, 5.41) is 0. The minimum Gasteiger partial charge on any atom is -0.466 e. The van der Waals surface area contributed by atoms with Crippen molar-refractivity contribution >= 4 is 0 Å². The molecule has 1 aromatic rings. The highest BCUT2D eigenvalue weighted by Crippen LogP contribution is 2.36. The van der Waals surface area contributed by atoms with E-state index in [9.17, 15) is 0 Å². The molecule has 0 fully saturated rings. The number of fused-ring (bicyclic) bond motifs is 1. The molecule has 2 heteroatoms. The SMILES string of the molecule is CCCC[C@H]1O[C@@H](C(C)C)Cc2ccoc21. The molecule has 0 spiro atoms. The Morgan fingerprint density at radius 2 is 2.25 bits per heavy atom. The topological polar surface area (TPSA) is 22.4 Å². The molecule has 0 saturated carbocycles. The van der Waals surface area contributed by atoms with Crippen molar-refractivity contribution in [2.75, 3.05) is 0 Å². The van der Waals surface area contributed by atoms with Crippen molar-refractivity contribution in [2.45, 2.75) is 58.7 Å². The van der Waals surface area contributed by atoms with Gasteiger partial charge in [-0.1, -0.05) is 33.6 Å². The van der Waals surface area contributed by atoms with Crippen LogP contribution in [-0.2, 0) is 11.2 Å². The summed E-state index contributed by atoms with van der Waals surface area (Å²) >= 11 is 0. The zero-order chi connectivity index (χ0) is 11.5. The van der Waals surface area contributed by atoms with Crippen molar-refractivity contribution in [3.05, 3.63) is 23.7 Å². The summed E-state index contributed by atoms with van der Waals surface area (Å²) in [6.07, 6.45) is 6.85. The van der Waals surface area contributed by atoms with Gasteiger partial charge >= 0.3 is 0 Å². The molecular formula is C14H22O2. The second kappa shape index (κ2) is 5.05. The predicted molar refractivity (Wildman–Crippen MR) is 64.4 cm³/mol. The average Bonchev–Trinajstić information content (AvgIpc) is 2.73. The lowest BCUT2D eigenvalue weighted by Gasteiger charge is -2.31. The first-order valence-corrected chi connectivity index (χ1v) is 6.44. The van der Waals surface area contributed by atoms with Gasteiger partial charge in [-0.05, 0) is 24.0 Å². The van der Waals surface area contributed by atoms with Crippen molar-refractivity contribution in [2.24, 2.45) is 5.92 Å². The van der Waals surface area contributed by atoms with Crippen LogP contribution in [-0.4, -0.2) is 6.10 Å². The number of unbranched alkanes of at least 4 members (excludes halogenated alkanes) is 1. The zero-order valence-electron chi connectivity index (χ0n) is 10.5. The van der Waals surface area contributed by atoms with E-state index in [2.05, 4.69) is 26.8 Å². The Kier molecular flexibility index (Phi) is 3.70. The molecule has 2 atom stereocenters. The molecule has 1 aliphatic heterocycles. The van der Waals surface area contributed by atoms with Crippen LogP contribution in [0.5, 0.6) is 0 Å². The van der Waals surface area contributed by atoms with Gasteiger partial charge in [0.2, 0.25) is 0 Å². The summed E-state index contributed by atoms with van der Waals surface area (Å²) in [5.41, 5.74) is 1.35. The molecule has 1 aliphatic rings. The Labute approximate surface area is 98.0 Å². The fourth-order valence-electron chi connectivity index (χ4n) is 2.32. The first-order chi connectivity index (χ1) is 7.72. The molecule has 0 N–H and O–H groups in total. The lowest BCUT2D eigenvalue weighted by atomic mass is 9.93. The minimum atomic E-state index is 0.186. The minimum absolute atomic E-state index is 0.186. The van der Waals surface area contributed by atoms with E-state index in [4.69, 9.17) is 9.15 Å². The van der Waals surface area contributed by atoms with Crippen LogP contribution < -0.4 is 0 Å². The number of ether oxygens (including phenoxy) is 1. The quantitative estimate of drug-likeness (QED) is 0.765. The molecule has 2 heterocycles. The summed E-state index contributed by atoms with van der Waals surface area (Å²) < 4.78 is 11.7. The Balaban J connectivity index is 2.12. The molecule has 2 nitrogen and oxygen atoms in total. The maximum Gasteiger partial charge on any atom is 0.135 e. The van der Waals surface area contributed by atoms with E-state index >= 15 is 0 Å². The highest BCUT2D eigenvalue weighted by molar-refractivity contribution is 5.22. The van der Waals surface area contributed by atoms with E-state index in [1.165, 1.54) is 18.4 Å². The van der Waals surface area contributed by atoms with Crippen LogP contribution in [0, 0.1) is 5.92 Å². The van der Waals surface area contributed by atoms with E-state index in [0.29, 0.717) is 12.0 Å². The fraction of sp³-hybridized carbons (Fsp3) is 0.714. The Morgan fingerprint density at radius 3 is 2.94 bits per heavy atom. The van der Waals surface area contributed by atoms with Gasteiger partial charge in [0.1, 0.15) is 11.9 Å². The number of hydrogen-bond acceptors (Lipinski definition) is 2. The van der Waals surface area contributed by atoms with E-state index in [0.717, 1.165) is 18.6 Å². The third kappa shape index (κ3) is 2.32. The number of furan rings is 1. The summed E-state index contributed by atoms with van der Waals surface area (Å²) in [6, 6.07) is 2.10. The highest BCUT2D eigenvalue weighted by Gasteiger charge is 2.31. The van der Waals surface area contributed by atoms with Gasteiger partial charge in [-0.2, -0.15) is 0 Å². The maximum atomic E-state index is 6.14. The van der Waals surface area contributed by atoms with Gasteiger partial charge in [0, 0.05) is 6.42 Å². The molecule has 0 radical (unpaired) electrons. The highest BCUT2D eigenvalue weighted by atomic mass is 16.5. The Bertz CT molecular complexity index is 327. The number of rotatable bonds is 4. The van der Waals surface area contributed by atoms with Crippen molar-refractivity contribution < 1.29 is 9.15 Å². The largest absolute Gasteiger partial charge is 0.466 e. The van der Waals surface area contributed by atoms with Crippen molar-refractivity contribution in [1.29, 1.82) is 0 Å². The maximum absolute atomic E-state index is 6.14. The van der Waals surface area contributed by atoms with Gasteiger partial charge in [0.05, 0.1) is 12.4 Å². The Morgan fingerprint density at radius 1 is 1.44 bits per heavy atom. The average molecular weight is 222 g/mol. The van der Waals surface area contributed by atoms with Crippen molar-refractivity contribution in [1.82, 2.24) is 0 Å². The second-order valence-electron chi connectivity index (χ2n) is 5.06. The van der Waals surface area contributed by atoms with Crippen LogP contribution in [0.2, 0.25) is 0 Å². The van der Waals surface area contributed by atoms with Gasteiger partial charge in [-0.25, -0.2) is 0 Å². The molecular weight excluding hydrogens is 200 g/mol. The molecule has 16 heavy (non-hydrogen) atoms. The smallest absolute Gasteiger partial charge is 0.135 e. The lowest BCUT2D eigenvalue weighted by Crippen LogP contribution is -2.29. The zero-order valence-corrected chi connectivity index (χ0v) is 10.5. The third-order valence-electron chi connectivity index (χ3n) is 3.40. The summed E-state index contributed by atoms with van der Waals surface area (Å²) in [5.74, 6) is 1.65.